The van der Waals surface area contributed by atoms with Gasteiger partial charge in [0.1, 0.15) is 0 Å². The van der Waals surface area contributed by atoms with Gasteiger partial charge in [-0.3, -0.25) is 9.78 Å². The average Bonchev–Trinajstić information content (AvgIpc) is 3.22. The molecule has 1 amide bonds. The van der Waals surface area contributed by atoms with Gasteiger partial charge >= 0.3 is 0 Å². The van der Waals surface area contributed by atoms with E-state index >= 15 is 0 Å². The van der Waals surface area contributed by atoms with E-state index in [0.717, 1.165) is 28.5 Å². The third-order valence-electron chi connectivity index (χ3n) is 5.91. The molecule has 1 atom stereocenters. The normalized spacial score (nSPS) is 16.8. The molecule has 2 aromatic heterocycles. The van der Waals surface area contributed by atoms with E-state index < -0.39 is 0 Å². The van der Waals surface area contributed by atoms with Gasteiger partial charge in [0.15, 0.2) is 0 Å². The molecule has 0 aliphatic carbocycles. The average molecular weight is 427 g/mol. The van der Waals surface area contributed by atoms with Crippen LogP contribution in [0.3, 0.4) is 0 Å². The Morgan fingerprint density at radius 1 is 1.06 bits per heavy atom. The fraction of sp³-hybridized carbons (Fsp3) is 0.269. The number of fused-ring (bicyclic) bond motifs is 1. The van der Waals surface area contributed by atoms with Gasteiger partial charge < -0.3 is 14.2 Å². The summed E-state index contributed by atoms with van der Waals surface area (Å²) in [5.41, 5.74) is 4.05. The van der Waals surface area contributed by atoms with Crippen LogP contribution in [0.2, 0.25) is 0 Å². The molecule has 1 fully saturated rings. The highest BCUT2D eigenvalue weighted by atomic mass is 16.5. The summed E-state index contributed by atoms with van der Waals surface area (Å²) in [4.78, 5) is 23.8. The summed E-state index contributed by atoms with van der Waals surface area (Å²) in [5, 5.41) is 1.14. The van der Waals surface area contributed by atoms with Gasteiger partial charge in [0, 0.05) is 55.1 Å². The molecule has 0 bridgehead atoms. The van der Waals surface area contributed by atoms with Crippen molar-refractivity contribution in [3.8, 4) is 0 Å². The van der Waals surface area contributed by atoms with E-state index in [4.69, 9.17) is 4.74 Å². The van der Waals surface area contributed by atoms with Crippen LogP contribution in [0.1, 0.15) is 21.5 Å². The van der Waals surface area contributed by atoms with Crippen molar-refractivity contribution in [2.75, 3.05) is 26.3 Å². The van der Waals surface area contributed by atoms with E-state index in [-0.39, 0.29) is 11.8 Å². The van der Waals surface area contributed by atoms with Crippen LogP contribution < -0.4 is 0 Å². The standard InChI is InChI=1S/C26H26N4O2/c31-26(24-4-1-3-21(15-24)16-29-10-9-27-19-29)30-11-12-32-18-22(17-30)13-20-6-7-25-23(14-20)5-2-8-28-25/h1-10,14-15,19,22H,11-13,16-18H2. The summed E-state index contributed by atoms with van der Waals surface area (Å²) < 4.78 is 7.86. The maximum atomic E-state index is 13.3. The second-order valence-electron chi connectivity index (χ2n) is 8.36. The predicted molar refractivity (Wildman–Crippen MR) is 123 cm³/mol. The number of hydrogen-bond donors (Lipinski definition) is 0. The molecule has 3 heterocycles. The minimum absolute atomic E-state index is 0.0655. The van der Waals surface area contributed by atoms with Gasteiger partial charge in [0.05, 0.1) is 25.1 Å². The number of pyridine rings is 1. The van der Waals surface area contributed by atoms with Crippen molar-refractivity contribution in [1.82, 2.24) is 19.4 Å². The number of carbonyl (C=O) groups is 1. The molecule has 0 saturated carbocycles. The molecule has 162 valence electrons. The number of carbonyl (C=O) groups excluding carboxylic acids is 1. The van der Waals surface area contributed by atoms with Gasteiger partial charge in [-0.05, 0) is 47.9 Å². The van der Waals surface area contributed by atoms with Crippen molar-refractivity contribution in [1.29, 1.82) is 0 Å². The van der Waals surface area contributed by atoms with Gasteiger partial charge in [-0.2, -0.15) is 0 Å². The number of nitrogens with zero attached hydrogens (tertiary/aromatic N) is 4. The molecule has 1 saturated heterocycles. The van der Waals surface area contributed by atoms with Gasteiger partial charge in [0.2, 0.25) is 0 Å². The molecule has 6 nitrogen and oxygen atoms in total. The Balaban J connectivity index is 1.29. The monoisotopic (exact) mass is 426 g/mol. The van der Waals surface area contributed by atoms with Crippen LogP contribution in [0.15, 0.2) is 79.5 Å². The van der Waals surface area contributed by atoms with E-state index in [2.05, 4.69) is 34.2 Å². The smallest absolute Gasteiger partial charge is 0.253 e. The highest BCUT2D eigenvalue weighted by Gasteiger charge is 2.24. The largest absolute Gasteiger partial charge is 0.379 e. The second-order valence-corrected chi connectivity index (χ2v) is 8.36. The molecule has 6 heteroatoms. The lowest BCUT2D eigenvalue weighted by molar-refractivity contribution is 0.0737. The molecule has 0 radical (unpaired) electrons. The molecule has 1 aliphatic rings. The number of hydrogen-bond acceptors (Lipinski definition) is 4. The Hall–Kier alpha value is -3.51. The van der Waals surface area contributed by atoms with Crippen molar-refractivity contribution in [2.24, 2.45) is 5.92 Å². The van der Waals surface area contributed by atoms with E-state index in [9.17, 15) is 4.79 Å². The summed E-state index contributed by atoms with van der Waals surface area (Å²) in [6.07, 6.45) is 8.16. The lowest BCUT2D eigenvalue weighted by Gasteiger charge is -2.24. The summed E-state index contributed by atoms with van der Waals surface area (Å²) in [5.74, 6) is 0.320. The quantitative estimate of drug-likeness (QED) is 0.487. The number of amides is 1. The lowest BCUT2D eigenvalue weighted by atomic mass is 9.98. The van der Waals surface area contributed by atoms with Crippen LogP contribution in [-0.2, 0) is 17.7 Å². The first-order chi connectivity index (χ1) is 15.7. The lowest BCUT2D eigenvalue weighted by Crippen LogP contribution is -2.36. The van der Waals surface area contributed by atoms with Crippen LogP contribution in [0.4, 0.5) is 0 Å². The number of ether oxygens (including phenoxy) is 1. The number of benzene rings is 2. The van der Waals surface area contributed by atoms with Crippen molar-refractivity contribution >= 4 is 16.8 Å². The maximum absolute atomic E-state index is 13.3. The molecule has 5 rings (SSSR count). The zero-order chi connectivity index (χ0) is 21.8. The fourth-order valence-electron chi connectivity index (χ4n) is 4.35. The highest BCUT2D eigenvalue weighted by Crippen LogP contribution is 2.20. The molecular formula is C26H26N4O2. The fourth-order valence-corrected chi connectivity index (χ4v) is 4.35. The van der Waals surface area contributed by atoms with Crippen molar-refractivity contribution < 1.29 is 9.53 Å². The molecule has 32 heavy (non-hydrogen) atoms. The van der Waals surface area contributed by atoms with Gasteiger partial charge in [0.25, 0.3) is 5.91 Å². The first-order valence-electron chi connectivity index (χ1n) is 11.0. The molecular weight excluding hydrogens is 400 g/mol. The Kier molecular flexibility index (Phi) is 5.94. The summed E-state index contributed by atoms with van der Waals surface area (Å²) in [6.45, 7) is 3.23. The Bertz CT molecular complexity index is 1210. The Morgan fingerprint density at radius 3 is 2.94 bits per heavy atom. The summed E-state index contributed by atoms with van der Waals surface area (Å²) in [6, 6.07) is 18.3. The predicted octanol–water partition coefficient (Wildman–Crippen LogP) is 3.81. The zero-order valence-electron chi connectivity index (χ0n) is 17.9. The first kappa shape index (κ1) is 20.4. The van der Waals surface area contributed by atoms with Crippen molar-refractivity contribution in [2.45, 2.75) is 13.0 Å². The highest BCUT2D eigenvalue weighted by molar-refractivity contribution is 5.94. The van der Waals surface area contributed by atoms with E-state index in [1.807, 2.05) is 52.2 Å². The molecule has 0 spiro atoms. The zero-order valence-corrected chi connectivity index (χ0v) is 17.9. The van der Waals surface area contributed by atoms with Crippen molar-refractivity contribution in [3.05, 3.63) is 96.2 Å². The molecule has 2 aromatic carbocycles. The van der Waals surface area contributed by atoms with Crippen LogP contribution in [0.5, 0.6) is 0 Å². The van der Waals surface area contributed by atoms with Gasteiger partial charge in [-0.1, -0.05) is 24.3 Å². The number of aromatic nitrogens is 3. The van der Waals surface area contributed by atoms with Crippen LogP contribution >= 0.6 is 0 Å². The SMILES string of the molecule is O=C(c1cccc(Cn2ccnc2)c1)N1CCOCC(Cc2ccc3ncccc3c2)C1. The van der Waals surface area contributed by atoms with Crippen LogP contribution in [0, 0.1) is 5.92 Å². The Labute approximate surface area is 187 Å². The number of rotatable bonds is 5. The molecule has 1 aliphatic heterocycles. The Morgan fingerprint density at radius 2 is 2.03 bits per heavy atom. The van der Waals surface area contributed by atoms with Crippen molar-refractivity contribution in [3.63, 3.8) is 0 Å². The van der Waals surface area contributed by atoms with Gasteiger partial charge in [-0.15, -0.1) is 0 Å². The summed E-state index contributed by atoms with van der Waals surface area (Å²) in [7, 11) is 0. The van der Waals surface area contributed by atoms with E-state index in [0.29, 0.717) is 32.8 Å². The maximum Gasteiger partial charge on any atom is 0.253 e. The van der Waals surface area contributed by atoms with Gasteiger partial charge in [-0.25, -0.2) is 4.98 Å². The molecule has 0 N–H and O–H groups in total. The first-order valence-corrected chi connectivity index (χ1v) is 11.0. The molecule has 4 aromatic rings. The van der Waals surface area contributed by atoms with E-state index in [1.54, 1.807) is 12.5 Å². The third-order valence-corrected chi connectivity index (χ3v) is 5.91. The van der Waals surface area contributed by atoms with Crippen LogP contribution in [-0.4, -0.2) is 51.6 Å². The minimum atomic E-state index is 0.0655. The third kappa shape index (κ3) is 4.70. The van der Waals surface area contributed by atoms with E-state index in [1.165, 1.54) is 5.56 Å². The topological polar surface area (TPSA) is 60.2 Å². The second kappa shape index (κ2) is 9.32. The molecule has 1 unspecified atom stereocenters. The number of imidazole rings is 1. The minimum Gasteiger partial charge on any atom is -0.379 e. The summed E-state index contributed by atoms with van der Waals surface area (Å²) >= 11 is 0. The van der Waals surface area contributed by atoms with Crippen LogP contribution in [0.25, 0.3) is 10.9 Å².